The molecule has 2 heteroatoms. The molecule has 0 N–H and O–H groups in total. The summed E-state index contributed by atoms with van der Waals surface area (Å²) in [7, 11) is 1.66. The summed E-state index contributed by atoms with van der Waals surface area (Å²) >= 11 is 0. The van der Waals surface area contributed by atoms with Crippen LogP contribution < -0.4 is 4.74 Å². The standard InChI is InChI=1S/C13H16O2/c1-3-9-7-8-10-11(13(9)14)5-4-6-12(10)15-2/h4-6,9H,3,7-8H2,1-2H3. The molecule has 0 saturated carbocycles. The van der Waals surface area contributed by atoms with E-state index in [1.807, 2.05) is 18.2 Å². The van der Waals surface area contributed by atoms with Gasteiger partial charge in [-0.3, -0.25) is 4.79 Å². The maximum absolute atomic E-state index is 12.1. The lowest BCUT2D eigenvalue weighted by Crippen LogP contribution is -2.22. The van der Waals surface area contributed by atoms with Gasteiger partial charge in [0, 0.05) is 17.0 Å². The summed E-state index contributed by atoms with van der Waals surface area (Å²) in [5, 5.41) is 0. The van der Waals surface area contributed by atoms with Crippen molar-refractivity contribution in [3.05, 3.63) is 29.3 Å². The van der Waals surface area contributed by atoms with E-state index >= 15 is 0 Å². The van der Waals surface area contributed by atoms with Gasteiger partial charge in [-0.15, -0.1) is 0 Å². The van der Waals surface area contributed by atoms with Crippen molar-refractivity contribution in [2.75, 3.05) is 7.11 Å². The van der Waals surface area contributed by atoms with Crippen molar-refractivity contribution in [1.29, 1.82) is 0 Å². The van der Waals surface area contributed by atoms with Crippen LogP contribution in [0, 0.1) is 5.92 Å². The summed E-state index contributed by atoms with van der Waals surface area (Å²) in [6, 6.07) is 5.74. The molecule has 0 aliphatic heterocycles. The lowest BCUT2D eigenvalue weighted by atomic mass is 9.81. The van der Waals surface area contributed by atoms with Crippen LogP contribution in [0.15, 0.2) is 18.2 Å². The lowest BCUT2D eigenvalue weighted by molar-refractivity contribution is 0.0897. The topological polar surface area (TPSA) is 26.3 Å². The average molecular weight is 204 g/mol. The van der Waals surface area contributed by atoms with E-state index in [0.717, 1.165) is 36.1 Å². The molecule has 0 bridgehead atoms. The number of carbonyl (C=O) groups excluding carboxylic acids is 1. The molecule has 0 fully saturated rings. The fourth-order valence-corrected chi connectivity index (χ4v) is 2.30. The minimum absolute atomic E-state index is 0.213. The third-order valence-electron chi connectivity index (χ3n) is 3.22. The highest BCUT2D eigenvalue weighted by atomic mass is 16.5. The van der Waals surface area contributed by atoms with Crippen molar-refractivity contribution >= 4 is 5.78 Å². The number of methoxy groups -OCH3 is 1. The van der Waals surface area contributed by atoms with Crippen molar-refractivity contribution in [2.45, 2.75) is 26.2 Å². The molecule has 0 radical (unpaired) electrons. The second-order valence-electron chi connectivity index (χ2n) is 3.99. The zero-order valence-corrected chi connectivity index (χ0v) is 9.25. The highest BCUT2D eigenvalue weighted by Crippen LogP contribution is 2.32. The average Bonchev–Trinajstić information content (AvgIpc) is 2.29. The number of hydrogen-bond donors (Lipinski definition) is 0. The Kier molecular flexibility index (Phi) is 2.76. The first-order chi connectivity index (χ1) is 7.27. The molecule has 0 spiro atoms. The van der Waals surface area contributed by atoms with Gasteiger partial charge in [0.1, 0.15) is 5.75 Å². The van der Waals surface area contributed by atoms with E-state index in [-0.39, 0.29) is 11.7 Å². The third kappa shape index (κ3) is 1.65. The summed E-state index contributed by atoms with van der Waals surface area (Å²) in [6.07, 6.45) is 2.86. The monoisotopic (exact) mass is 204 g/mol. The van der Waals surface area contributed by atoms with E-state index in [1.165, 1.54) is 0 Å². The van der Waals surface area contributed by atoms with Crippen LogP contribution in [0.5, 0.6) is 5.75 Å². The Morgan fingerprint density at radius 1 is 1.47 bits per heavy atom. The molecular formula is C13H16O2. The van der Waals surface area contributed by atoms with E-state index in [1.54, 1.807) is 7.11 Å². The summed E-state index contributed by atoms with van der Waals surface area (Å²) < 4.78 is 5.28. The van der Waals surface area contributed by atoms with Gasteiger partial charge >= 0.3 is 0 Å². The molecule has 1 aliphatic rings. The van der Waals surface area contributed by atoms with Gasteiger partial charge in [0.2, 0.25) is 0 Å². The fourth-order valence-electron chi connectivity index (χ4n) is 2.30. The molecule has 2 nitrogen and oxygen atoms in total. The SMILES string of the molecule is CCC1CCc2c(OC)cccc2C1=O. The van der Waals surface area contributed by atoms with Crippen LogP contribution in [-0.2, 0) is 6.42 Å². The Hall–Kier alpha value is -1.31. The van der Waals surface area contributed by atoms with Crippen molar-refractivity contribution in [2.24, 2.45) is 5.92 Å². The van der Waals surface area contributed by atoms with Gasteiger partial charge in [0.15, 0.2) is 5.78 Å². The Labute approximate surface area is 90.3 Å². The quantitative estimate of drug-likeness (QED) is 0.740. The first-order valence-corrected chi connectivity index (χ1v) is 5.48. The Morgan fingerprint density at radius 2 is 2.27 bits per heavy atom. The maximum atomic E-state index is 12.1. The van der Waals surface area contributed by atoms with Crippen LogP contribution in [0.1, 0.15) is 35.7 Å². The predicted molar refractivity (Wildman–Crippen MR) is 59.4 cm³/mol. The largest absolute Gasteiger partial charge is 0.496 e. The summed E-state index contributed by atoms with van der Waals surface area (Å²) in [4.78, 5) is 12.1. The Bertz CT molecular complexity index is 382. The lowest BCUT2D eigenvalue weighted by Gasteiger charge is -2.23. The molecule has 0 heterocycles. The van der Waals surface area contributed by atoms with E-state index in [9.17, 15) is 4.79 Å². The van der Waals surface area contributed by atoms with E-state index in [0.29, 0.717) is 0 Å². The molecule has 15 heavy (non-hydrogen) atoms. The Balaban J connectivity index is 2.45. The van der Waals surface area contributed by atoms with Gasteiger partial charge in [-0.2, -0.15) is 0 Å². The molecule has 0 saturated heterocycles. The van der Waals surface area contributed by atoms with Crippen LogP contribution >= 0.6 is 0 Å². The van der Waals surface area contributed by atoms with E-state index < -0.39 is 0 Å². The molecule has 1 aromatic carbocycles. The fraction of sp³-hybridized carbons (Fsp3) is 0.462. The molecule has 1 aliphatic carbocycles. The van der Waals surface area contributed by atoms with Crippen molar-refractivity contribution in [3.8, 4) is 5.75 Å². The molecule has 0 amide bonds. The molecule has 2 rings (SSSR count). The van der Waals surface area contributed by atoms with E-state index in [2.05, 4.69) is 6.92 Å². The normalized spacial score (nSPS) is 19.9. The molecule has 1 unspecified atom stereocenters. The smallest absolute Gasteiger partial charge is 0.166 e. The van der Waals surface area contributed by atoms with Gasteiger partial charge < -0.3 is 4.74 Å². The number of benzene rings is 1. The van der Waals surface area contributed by atoms with Crippen LogP contribution in [0.25, 0.3) is 0 Å². The second kappa shape index (κ2) is 4.05. The second-order valence-corrected chi connectivity index (χ2v) is 3.99. The third-order valence-corrected chi connectivity index (χ3v) is 3.22. The highest BCUT2D eigenvalue weighted by molar-refractivity contribution is 6.00. The van der Waals surface area contributed by atoms with Crippen LogP contribution in [-0.4, -0.2) is 12.9 Å². The minimum Gasteiger partial charge on any atom is -0.496 e. The van der Waals surface area contributed by atoms with Crippen molar-refractivity contribution < 1.29 is 9.53 Å². The zero-order valence-electron chi connectivity index (χ0n) is 9.25. The van der Waals surface area contributed by atoms with Crippen LogP contribution in [0.4, 0.5) is 0 Å². The van der Waals surface area contributed by atoms with Crippen LogP contribution in [0.3, 0.4) is 0 Å². The van der Waals surface area contributed by atoms with Crippen molar-refractivity contribution in [3.63, 3.8) is 0 Å². The molecule has 0 aromatic heterocycles. The number of ketones is 1. The number of fused-ring (bicyclic) bond motifs is 1. The molecule has 80 valence electrons. The van der Waals surface area contributed by atoms with Gasteiger partial charge in [-0.1, -0.05) is 19.1 Å². The summed E-state index contributed by atoms with van der Waals surface area (Å²) in [6.45, 7) is 2.08. The summed E-state index contributed by atoms with van der Waals surface area (Å²) in [5.74, 6) is 1.36. The number of hydrogen-bond acceptors (Lipinski definition) is 2. The predicted octanol–water partition coefficient (Wildman–Crippen LogP) is 2.85. The minimum atomic E-state index is 0.213. The number of Topliss-reactive ketones (excluding diaryl/α,β-unsaturated/α-hetero) is 1. The highest BCUT2D eigenvalue weighted by Gasteiger charge is 2.27. The van der Waals surface area contributed by atoms with Gasteiger partial charge in [-0.25, -0.2) is 0 Å². The Morgan fingerprint density at radius 3 is 2.93 bits per heavy atom. The van der Waals surface area contributed by atoms with Gasteiger partial charge in [0.05, 0.1) is 7.11 Å². The van der Waals surface area contributed by atoms with Gasteiger partial charge in [-0.05, 0) is 25.3 Å². The molecule has 1 aromatic rings. The maximum Gasteiger partial charge on any atom is 0.166 e. The summed E-state index contributed by atoms with van der Waals surface area (Å²) in [5.41, 5.74) is 1.96. The molecular weight excluding hydrogens is 188 g/mol. The zero-order chi connectivity index (χ0) is 10.8. The van der Waals surface area contributed by atoms with Crippen LogP contribution in [0.2, 0.25) is 0 Å². The number of ether oxygens (including phenoxy) is 1. The van der Waals surface area contributed by atoms with Gasteiger partial charge in [0.25, 0.3) is 0 Å². The first-order valence-electron chi connectivity index (χ1n) is 5.48. The van der Waals surface area contributed by atoms with Crippen molar-refractivity contribution in [1.82, 2.24) is 0 Å². The number of rotatable bonds is 2. The molecule has 1 atom stereocenters. The first kappa shape index (κ1) is 10.2. The van der Waals surface area contributed by atoms with E-state index in [4.69, 9.17) is 4.74 Å². The number of carbonyl (C=O) groups is 1.